The Balaban J connectivity index is 0.00000162. The van der Waals surface area contributed by atoms with Gasteiger partial charge in [-0.25, -0.2) is 0 Å². The molecule has 0 aliphatic heterocycles. The van der Waals surface area contributed by atoms with Gasteiger partial charge >= 0.3 is 23.1 Å². The van der Waals surface area contributed by atoms with Crippen LogP contribution in [0.25, 0.3) is 0 Å². The predicted molar refractivity (Wildman–Crippen MR) is 79.9 cm³/mol. The van der Waals surface area contributed by atoms with Crippen LogP contribution < -0.4 is 17.0 Å². The zero-order valence-electron chi connectivity index (χ0n) is 12.2. The first-order chi connectivity index (χ1) is 8.40. The van der Waals surface area contributed by atoms with E-state index in [2.05, 4.69) is 37.3 Å². The van der Waals surface area contributed by atoms with E-state index < -0.39 is 0 Å². The van der Waals surface area contributed by atoms with Crippen molar-refractivity contribution in [2.24, 2.45) is 5.92 Å². The predicted octanol–water partition coefficient (Wildman–Crippen LogP) is 1.96. The quantitative estimate of drug-likeness (QED) is 0.439. The van der Waals surface area contributed by atoms with Crippen LogP contribution >= 0.6 is 0 Å². The van der Waals surface area contributed by atoms with Gasteiger partial charge in [0.2, 0.25) is 0 Å². The second kappa shape index (κ2) is 11.2. The third-order valence-corrected chi connectivity index (χ3v) is 4.24. The fourth-order valence-corrected chi connectivity index (χ4v) is 3.11. The van der Waals surface area contributed by atoms with Crippen LogP contribution in [0.5, 0.6) is 0 Å². The number of hydrogen-bond acceptors (Lipinski definition) is 0. The molecule has 2 rings (SSSR count). The van der Waals surface area contributed by atoms with E-state index in [9.17, 15) is 0 Å². The molecule has 0 nitrogen and oxygen atoms in total. The SMILES string of the molecule is CCCCCC1CCC(c2[c-]cccc2)CC1.[Br-].[Mg+2]. The van der Waals surface area contributed by atoms with Gasteiger partial charge in [-0.05, 0) is 37.5 Å². The summed E-state index contributed by atoms with van der Waals surface area (Å²) in [4.78, 5) is 0. The molecule has 0 unspecified atom stereocenters. The summed E-state index contributed by atoms with van der Waals surface area (Å²) >= 11 is 0. The Bertz CT molecular complexity index is 304. The van der Waals surface area contributed by atoms with E-state index in [1.807, 2.05) is 0 Å². The molecule has 1 aliphatic carbocycles. The average Bonchev–Trinajstić information content (AvgIpc) is 2.41. The molecule has 0 atom stereocenters. The minimum absolute atomic E-state index is 0. The van der Waals surface area contributed by atoms with Crippen molar-refractivity contribution in [3.8, 4) is 0 Å². The summed E-state index contributed by atoms with van der Waals surface area (Å²) in [6, 6.07) is 11.9. The molecular weight excluding hydrogens is 308 g/mol. The Morgan fingerprint density at radius 3 is 2.42 bits per heavy atom. The van der Waals surface area contributed by atoms with E-state index >= 15 is 0 Å². The Kier molecular flexibility index (Phi) is 11.4. The summed E-state index contributed by atoms with van der Waals surface area (Å²) in [7, 11) is 0. The molecule has 0 amide bonds. The van der Waals surface area contributed by atoms with Crippen molar-refractivity contribution < 1.29 is 17.0 Å². The van der Waals surface area contributed by atoms with E-state index in [4.69, 9.17) is 0 Å². The third-order valence-electron chi connectivity index (χ3n) is 4.24. The number of unbranched alkanes of at least 4 members (excludes halogenated alkanes) is 2. The monoisotopic (exact) mass is 332 g/mol. The Hall–Kier alpha value is 0.466. The molecule has 102 valence electrons. The van der Waals surface area contributed by atoms with Crippen LogP contribution in [-0.4, -0.2) is 23.1 Å². The first kappa shape index (κ1) is 19.5. The van der Waals surface area contributed by atoms with E-state index in [0.29, 0.717) is 0 Å². The molecular formula is C17H25BrMg. The van der Waals surface area contributed by atoms with Gasteiger partial charge in [0.15, 0.2) is 0 Å². The van der Waals surface area contributed by atoms with Crippen LogP contribution in [0.3, 0.4) is 0 Å². The molecule has 1 aromatic carbocycles. The summed E-state index contributed by atoms with van der Waals surface area (Å²) in [6.45, 7) is 2.29. The van der Waals surface area contributed by atoms with Gasteiger partial charge in [0.05, 0.1) is 0 Å². The molecule has 1 fully saturated rings. The first-order valence-corrected chi connectivity index (χ1v) is 7.36. The number of benzene rings is 1. The molecule has 0 radical (unpaired) electrons. The summed E-state index contributed by atoms with van der Waals surface area (Å²) < 4.78 is 0. The molecule has 0 aromatic heterocycles. The van der Waals surface area contributed by atoms with Crippen molar-refractivity contribution in [2.75, 3.05) is 0 Å². The zero-order valence-corrected chi connectivity index (χ0v) is 15.2. The van der Waals surface area contributed by atoms with Gasteiger partial charge in [0.25, 0.3) is 0 Å². The van der Waals surface area contributed by atoms with E-state index in [0.717, 1.165) is 11.8 Å². The smallest absolute Gasteiger partial charge is 1.00 e. The molecule has 0 bridgehead atoms. The molecule has 0 spiro atoms. The van der Waals surface area contributed by atoms with Gasteiger partial charge in [-0.1, -0.05) is 32.6 Å². The van der Waals surface area contributed by atoms with Crippen LogP contribution in [0, 0.1) is 12.0 Å². The van der Waals surface area contributed by atoms with Crippen molar-refractivity contribution >= 4 is 23.1 Å². The molecule has 1 aromatic rings. The first-order valence-electron chi connectivity index (χ1n) is 7.36. The summed E-state index contributed by atoms with van der Waals surface area (Å²) in [6.07, 6.45) is 11.4. The van der Waals surface area contributed by atoms with Crippen LogP contribution in [0.4, 0.5) is 0 Å². The van der Waals surface area contributed by atoms with Crippen LogP contribution in [-0.2, 0) is 0 Å². The minimum atomic E-state index is 0. The molecule has 19 heavy (non-hydrogen) atoms. The van der Waals surface area contributed by atoms with Crippen molar-refractivity contribution in [1.82, 2.24) is 0 Å². The summed E-state index contributed by atoms with van der Waals surface area (Å²) in [5, 5.41) is 0. The van der Waals surface area contributed by atoms with Crippen molar-refractivity contribution in [1.29, 1.82) is 0 Å². The van der Waals surface area contributed by atoms with Gasteiger partial charge in [-0.2, -0.15) is 35.9 Å². The van der Waals surface area contributed by atoms with Crippen LogP contribution in [0.2, 0.25) is 0 Å². The maximum absolute atomic E-state index is 3.41. The van der Waals surface area contributed by atoms with Crippen LogP contribution in [0.1, 0.15) is 69.8 Å². The maximum atomic E-state index is 3.41. The van der Waals surface area contributed by atoms with E-state index in [-0.39, 0.29) is 40.0 Å². The third kappa shape index (κ3) is 6.64. The fourth-order valence-electron chi connectivity index (χ4n) is 3.11. The Morgan fingerprint density at radius 2 is 1.84 bits per heavy atom. The molecule has 1 saturated carbocycles. The summed E-state index contributed by atoms with van der Waals surface area (Å²) in [5.74, 6) is 1.81. The van der Waals surface area contributed by atoms with Crippen molar-refractivity contribution in [3.63, 3.8) is 0 Å². The minimum Gasteiger partial charge on any atom is -1.00 e. The molecule has 0 saturated heterocycles. The number of halogens is 1. The van der Waals surface area contributed by atoms with Crippen molar-refractivity contribution in [2.45, 2.75) is 64.2 Å². The van der Waals surface area contributed by atoms with Gasteiger partial charge in [0, 0.05) is 0 Å². The second-order valence-electron chi connectivity index (χ2n) is 5.53. The van der Waals surface area contributed by atoms with Crippen LogP contribution in [0.15, 0.2) is 24.3 Å². The molecule has 0 N–H and O–H groups in total. The second-order valence-corrected chi connectivity index (χ2v) is 5.53. The largest absolute Gasteiger partial charge is 2.00 e. The van der Waals surface area contributed by atoms with E-state index in [1.54, 1.807) is 0 Å². The standard InChI is InChI=1S/C17H25.BrH.Mg/c1-2-3-5-8-15-11-13-17(14-12-15)16-9-6-4-7-10-16;;/h4,6-7,9,15,17H,2-3,5,8,11-14H2,1H3;1H;/q-1;;+2/p-1. The number of rotatable bonds is 5. The van der Waals surface area contributed by atoms with Gasteiger partial charge < -0.3 is 17.0 Å². The van der Waals surface area contributed by atoms with Gasteiger partial charge in [-0.3, -0.25) is 0 Å². The Morgan fingerprint density at radius 1 is 1.11 bits per heavy atom. The van der Waals surface area contributed by atoms with Gasteiger partial charge in [-0.15, -0.1) is 0 Å². The molecule has 1 aliphatic rings. The Labute approximate surface area is 145 Å². The number of hydrogen-bond donors (Lipinski definition) is 0. The van der Waals surface area contributed by atoms with Gasteiger partial charge in [0.1, 0.15) is 0 Å². The zero-order chi connectivity index (χ0) is 11.9. The molecule has 2 heteroatoms. The van der Waals surface area contributed by atoms with E-state index in [1.165, 1.54) is 56.9 Å². The average molecular weight is 334 g/mol. The topological polar surface area (TPSA) is 0 Å². The fraction of sp³-hybridized carbons (Fsp3) is 0.647. The normalized spacial score (nSPS) is 22.2. The summed E-state index contributed by atoms with van der Waals surface area (Å²) in [5.41, 5.74) is 1.44. The molecule has 0 heterocycles. The maximum Gasteiger partial charge on any atom is 2.00 e. The van der Waals surface area contributed by atoms with Crippen molar-refractivity contribution in [3.05, 3.63) is 35.9 Å².